The van der Waals surface area contributed by atoms with Gasteiger partial charge in [0.15, 0.2) is 0 Å². The van der Waals surface area contributed by atoms with Crippen LogP contribution < -0.4 is 5.32 Å². The smallest absolute Gasteiger partial charge is 0.271 e. The Kier molecular flexibility index (Phi) is 3.79. The van der Waals surface area contributed by atoms with E-state index in [2.05, 4.69) is 15.3 Å². The number of non-ortho nitro benzene ring substituents is 1. The SMILES string of the molecule is O=[N+]([O-])c1ccc2nc(SC3CCNCC3)cnc2c1. The third-order valence-corrected chi connectivity index (χ3v) is 4.53. The van der Waals surface area contributed by atoms with Crippen LogP contribution in [0.3, 0.4) is 0 Å². The van der Waals surface area contributed by atoms with Crippen LogP contribution in [0.2, 0.25) is 0 Å². The van der Waals surface area contributed by atoms with Gasteiger partial charge in [-0.3, -0.25) is 15.1 Å². The van der Waals surface area contributed by atoms with Gasteiger partial charge in [-0.1, -0.05) is 0 Å². The van der Waals surface area contributed by atoms with Crippen LogP contribution in [-0.4, -0.2) is 33.2 Å². The number of hydrogen-bond acceptors (Lipinski definition) is 6. The molecule has 0 radical (unpaired) electrons. The number of thioether (sulfide) groups is 1. The van der Waals surface area contributed by atoms with Gasteiger partial charge in [0.1, 0.15) is 5.03 Å². The summed E-state index contributed by atoms with van der Waals surface area (Å²) in [5.41, 5.74) is 1.31. The zero-order chi connectivity index (χ0) is 13.9. The van der Waals surface area contributed by atoms with E-state index in [-0.39, 0.29) is 5.69 Å². The van der Waals surface area contributed by atoms with E-state index in [9.17, 15) is 10.1 Å². The number of aromatic nitrogens is 2. The number of nitrogens with zero attached hydrogens (tertiary/aromatic N) is 3. The molecular formula is C13H14N4O2S. The van der Waals surface area contributed by atoms with Crippen molar-refractivity contribution in [1.82, 2.24) is 15.3 Å². The molecule has 0 bridgehead atoms. The molecule has 0 amide bonds. The third kappa shape index (κ3) is 2.88. The second kappa shape index (κ2) is 5.72. The highest BCUT2D eigenvalue weighted by Gasteiger charge is 2.15. The standard InChI is InChI=1S/C13H14N4O2S/c18-17(19)9-1-2-11-12(7-9)15-8-13(16-11)20-10-3-5-14-6-4-10/h1-2,7-8,10,14H,3-6H2. The summed E-state index contributed by atoms with van der Waals surface area (Å²) in [7, 11) is 0. The first-order valence-electron chi connectivity index (χ1n) is 6.51. The molecule has 7 heteroatoms. The number of fused-ring (bicyclic) bond motifs is 1. The maximum absolute atomic E-state index is 10.7. The van der Waals surface area contributed by atoms with Gasteiger partial charge in [-0.15, -0.1) is 11.8 Å². The zero-order valence-corrected chi connectivity index (χ0v) is 11.6. The molecule has 1 aliphatic heterocycles. The van der Waals surface area contributed by atoms with E-state index in [0.717, 1.165) is 31.0 Å². The highest BCUT2D eigenvalue weighted by Crippen LogP contribution is 2.28. The predicted octanol–water partition coefficient (Wildman–Crippen LogP) is 2.38. The molecule has 0 aliphatic carbocycles. The molecule has 0 saturated carbocycles. The second-order valence-corrected chi connectivity index (χ2v) is 6.03. The minimum Gasteiger partial charge on any atom is -0.317 e. The van der Waals surface area contributed by atoms with Crippen molar-refractivity contribution in [3.63, 3.8) is 0 Å². The molecule has 1 aromatic heterocycles. The molecule has 0 spiro atoms. The number of hydrogen-bond donors (Lipinski definition) is 1. The van der Waals surface area contributed by atoms with Crippen molar-refractivity contribution in [1.29, 1.82) is 0 Å². The highest BCUT2D eigenvalue weighted by molar-refractivity contribution is 7.99. The molecule has 0 atom stereocenters. The van der Waals surface area contributed by atoms with Crippen LogP contribution in [0.15, 0.2) is 29.4 Å². The number of rotatable bonds is 3. The van der Waals surface area contributed by atoms with Crippen molar-refractivity contribution in [2.75, 3.05) is 13.1 Å². The van der Waals surface area contributed by atoms with E-state index in [0.29, 0.717) is 16.3 Å². The van der Waals surface area contributed by atoms with Crippen molar-refractivity contribution >= 4 is 28.5 Å². The minimum atomic E-state index is -0.418. The van der Waals surface area contributed by atoms with Gasteiger partial charge < -0.3 is 5.32 Å². The van der Waals surface area contributed by atoms with E-state index in [1.165, 1.54) is 12.1 Å². The lowest BCUT2D eigenvalue weighted by atomic mass is 10.2. The van der Waals surface area contributed by atoms with Crippen molar-refractivity contribution in [3.8, 4) is 0 Å². The summed E-state index contributed by atoms with van der Waals surface area (Å²) in [4.78, 5) is 19.1. The molecule has 1 N–H and O–H groups in total. The fourth-order valence-corrected chi connectivity index (χ4v) is 3.31. The summed E-state index contributed by atoms with van der Waals surface area (Å²) >= 11 is 1.74. The zero-order valence-electron chi connectivity index (χ0n) is 10.8. The van der Waals surface area contributed by atoms with Gasteiger partial charge >= 0.3 is 0 Å². The van der Waals surface area contributed by atoms with Crippen LogP contribution >= 0.6 is 11.8 Å². The molecule has 1 fully saturated rings. The van der Waals surface area contributed by atoms with Crippen molar-refractivity contribution in [2.24, 2.45) is 0 Å². The van der Waals surface area contributed by atoms with Gasteiger partial charge in [-0.25, -0.2) is 4.98 Å². The Labute approximate surface area is 120 Å². The molecule has 2 heterocycles. The van der Waals surface area contributed by atoms with E-state index < -0.39 is 4.92 Å². The first kappa shape index (κ1) is 13.3. The average molecular weight is 290 g/mol. The van der Waals surface area contributed by atoms with E-state index in [1.807, 2.05) is 0 Å². The summed E-state index contributed by atoms with van der Waals surface area (Å²) in [5.74, 6) is 0. The van der Waals surface area contributed by atoms with Gasteiger partial charge in [-0.2, -0.15) is 0 Å². The number of nitro groups is 1. The van der Waals surface area contributed by atoms with Crippen LogP contribution in [0.5, 0.6) is 0 Å². The Morgan fingerprint density at radius 3 is 2.85 bits per heavy atom. The molecule has 1 aromatic carbocycles. The molecule has 1 saturated heterocycles. The molecular weight excluding hydrogens is 276 g/mol. The van der Waals surface area contributed by atoms with Crippen LogP contribution in [0, 0.1) is 10.1 Å². The Bertz CT molecular complexity index is 643. The van der Waals surface area contributed by atoms with E-state index in [1.54, 1.807) is 24.0 Å². The highest BCUT2D eigenvalue weighted by atomic mass is 32.2. The number of nitrogens with one attached hydrogen (secondary N) is 1. The number of nitro benzene ring substituents is 1. The van der Waals surface area contributed by atoms with Crippen molar-refractivity contribution in [3.05, 3.63) is 34.5 Å². The first-order chi connectivity index (χ1) is 9.72. The van der Waals surface area contributed by atoms with E-state index in [4.69, 9.17) is 0 Å². The lowest BCUT2D eigenvalue weighted by Gasteiger charge is -2.21. The monoisotopic (exact) mass is 290 g/mol. The summed E-state index contributed by atoms with van der Waals surface area (Å²) < 4.78 is 0. The summed E-state index contributed by atoms with van der Waals surface area (Å²) in [5, 5.41) is 15.5. The Balaban J connectivity index is 1.83. The largest absolute Gasteiger partial charge is 0.317 e. The maximum atomic E-state index is 10.7. The molecule has 1 aliphatic rings. The summed E-state index contributed by atoms with van der Waals surface area (Å²) in [6.07, 6.45) is 3.97. The first-order valence-corrected chi connectivity index (χ1v) is 7.39. The topological polar surface area (TPSA) is 81.0 Å². The van der Waals surface area contributed by atoms with Crippen LogP contribution in [-0.2, 0) is 0 Å². The number of piperidine rings is 1. The fourth-order valence-electron chi connectivity index (χ4n) is 2.24. The molecule has 2 aromatic rings. The molecule has 104 valence electrons. The number of benzene rings is 1. The third-order valence-electron chi connectivity index (χ3n) is 3.29. The molecule has 6 nitrogen and oxygen atoms in total. The van der Waals surface area contributed by atoms with Gasteiger partial charge in [-0.05, 0) is 32.0 Å². The van der Waals surface area contributed by atoms with Gasteiger partial charge in [0, 0.05) is 17.4 Å². The Morgan fingerprint density at radius 2 is 2.10 bits per heavy atom. The average Bonchev–Trinajstić information content (AvgIpc) is 2.47. The van der Waals surface area contributed by atoms with Crippen molar-refractivity contribution < 1.29 is 4.92 Å². The van der Waals surface area contributed by atoms with E-state index >= 15 is 0 Å². The van der Waals surface area contributed by atoms with Crippen LogP contribution in [0.25, 0.3) is 11.0 Å². The van der Waals surface area contributed by atoms with Crippen LogP contribution in [0.1, 0.15) is 12.8 Å². The van der Waals surface area contributed by atoms with Gasteiger partial charge in [0.25, 0.3) is 5.69 Å². The predicted molar refractivity (Wildman–Crippen MR) is 77.9 cm³/mol. The minimum absolute atomic E-state index is 0.0468. The molecule has 0 unspecified atom stereocenters. The quantitative estimate of drug-likeness (QED) is 0.690. The van der Waals surface area contributed by atoms with Crippen molar-refractivity contribution in [2.45, 2.75) is 23.1 Å². The lowest BCUT2D eigenvalue weighted by molar-refractivity contribution is -0.384. The Hall–Kier alpha value is -1.73. The lowest BCUT2D eigenvalue weighted by Crippen LogP contribution is -2.29. The Morgan fingerprint density at radius 1 is 1.30 bits per heavy atom. The summed E-state index contributed by atoms with van der Waals surface area (Å²) in [6, 6.07) is 4.59. The van der Waals surface area contributed by atoms with Gasteiger partial charge in [0.05, 0.1) is 22.2 Å². The van der Waals surface area contributed by atoms with Crippen LogP contribution in [0.4, 0.5) is 5.69 Å². The fraction of sp³-hybridized carbons (Fsp3) is 0.385. The second-order valence-electron chi connectivity index (χ2n) is 4.71. The maximum Gasteiger partial charge on any atom is 0.271 e. The molecule has 20 heavy (non-hydrogen) atoms. The summed E-state index contributed by atoms with van der Waals surface area (Å²) in [6.45, 7) is 2.09. The molecule has 3 rings (SSSR count). The van der Waals surface area contributed by atoms with Gasteiger partial charge in [0.2, 0.25) is 0 Å². The normalized spacial score (nSPS) is 16.4.